The van der Waals surface area contributed by atoms with Gasteiger partial charge in [-0.05, 0) is 37.7 Å². The molecule has 210 valence electrons. The molecule has 0 bridgehead atoms. The number of likely N-dealkylation sites (tertiary alicyclic amines) is 1. The molecule has 1 unspecified atom stereocenters. The van der Waals surface area contributed by atoms with Gasteiger partial charge in [-0.15, -0.1) is 11.8 Å². The molecular weight excluding hydrogens is 512 g/mol. The highest BCUT2D eigenvalue weighted by Gasteiger charge is 2.74. The van der Waals surface area contributed by atoms with Crippen molar-refractivity contribution in [2.75, 3.05) is 19.8 Å². The normalized spacial score (nSPS) is 35.0. The zero-order valence-corrected chi connectivity index (χ0v) is 23.9. The van der Waals surface area contributed by atoms with Crippen molar-refractivity contribution in [3.05, 3.63) is 60.2 Å². The van der Waals surface area contributed by atoms with E-state index in [2.05, 4.69) is 12.2 Å². The quantitative estimate of drug-likeness (QED) is 0.425. The molecule has 0 aromatic heterocycles. The van der Waals surface area contributed by atoms with Crippen LogP contribution in [0.5, 0.6) is 0 Å². The molecule has 1 N–H and O–H groups in total. The summed E-state index contributed by atoms with van der Waals surface area (Å²) in [5.41, 5.74) is 1.01. The maximum atomic E-state index is 14.6. The van der Waals surface area contributed by atoms with Crippen molar-refractivity contribution in [1.29, 1.82) is 0 Å². The van der Waals surface area contributed by atoms with Crippen molar-refractivity contribution in [2.24, 2.45) is 17.8 Å². The van der Waals surface area contributed by atoms with E-state index in [1.165, 1.54) is 0 Å². The standard InChI is InChI=1S/C31H40N2O5S/c1-4-21(2)23(20-34)33-26-28(36)32(19-22-13-8-7-9-14-22)17-12-16-31(26)24(27(33)35)25-29(37)38-18-11-6-5-10-15-30(25,3)39-31/h7-10,12-16,21,23-26,34H,4-6,11,17-20H2,1-3H3/b15-10-/t21-,23-,24-,25-,26?,30+,31-/m0/s1. The average Bonchev–Trinajstić information content (AvgIpc) is 3.26. The zero-order chi connectivity index (χ0) is 27.8. The Bertz CT molecular complexity index is 1150. The summed E-state index contributed by atoms with van der Waals surface area (Å²) in [4.78, 5) is 46.2. The summed E-state index contributed by atoms with van der Waals surface area (Å²) in [5.74, 6) is -2.26. The number of hydrogen-bond donors (Lipinski definition) is 1. The van der Waals surface area contributed by atoms with Gasteiger partial charge in [-0.3, -0.25) is 14.4 Å². The second kappa shape index (κ2) is 11.1. The number of carbonyl (C=O) groups is 3. The molecule has 0 aliphatic carbocycles. The van der Waals surface area contributed by atoms with Gasteiger partial charge in [0.25, 0.3) is 0 Å². The van der Waals surface area contributed by atoms with Crippen molar-refractivity contribution in [1.82, 2.24) is 9.80 Å². The van der Waals surface area contributed by atoms with Crippen molar-refractivity contribution >= 4 is 29.5 Å². The fraction of sp³-hybridized carbons (Fsp3) is 0.581. The van der Waals surface area contributed by atoms with E-state index in [1.54, 1.807) is 21.6 Å². The number of aliphatic hydroxyl groups is 1. The fourth-order valence-electron chi connectivity index (χ4n) is 6.90. The molecule has 7 nitrogen and oxygen atoms in total. The van der Waals surface area contributed by atoms with Gasteiger partial charge in [0.2, 0.25) is 11.8 Å². The van der Waals surface area contributed by atoms with Gasteiger partial charge in [-0.1, -0.05) is 74.9 Å². The summed E-state index contributed by atoms with van der Waals surface area (Å²) in [6, 6.07) is 8.48. The minimum atomic E-state index is -0.947. The van der Waals surface area contributed by atoms with Gasteiger partial charge in [0.1, 0.15) is 6.04 Å². The number of carbonyl (C=O) groups excluding carboxylic acids is 3. The summed E-state index contributed by atoms with van der Waals surface area (Å²) in [7, 11) is 0. The van der Waals surface area contributed by atoms with Gasteiger partial charge in [0, 0.05) is 17.8 Å². The van der Waals surface area contributed by atoms with Gasteiger partial charge < -0.3 is 19.6 Å². The third kappa shape index (κ3) is 4.73. The largest absolute Gasteiger partial charge is 0.465 e. The van der Waals surface area contributed by atoms with Crippen LogP contribution in [0.4, 0.5) is 0 Å². The van der Waals surface area contributed by atoms with Crippen molar-refractivity contribution < 1.29 is 24.2 Å². The summed E-state index contributed by atoms with van der Waals surface area (Å²) >= 11 is 1.56. The summed E-state index contributed by atoms with van der Waals surface area (Å²) in [6.07, 6.45) is 11.5. The molecule has 0 radical (unpaired) electrons. The molecule has 2 amide bonds. The minimum absolute atomic E-state index is 0.0234. The van der Waals surface area contributed by atoms with E-state index in [-0.39, 0.29) is 30.3 Å². The second-order valence-electron chi connectivity index (χ2n) is 11.6. The van der Waals surface area contributed by atoms with Crippen molar-refractivity contribution in [3.63, 3.8) is 0 Å². The molecule has 4 aliphatic rings. The number of rotatable bonds is 6. The third-order valence-electron chi connectivity index (χ3n) is 9.08. The highest BCUT2D eigenvalue weighted by atomic mass is 32.2. The lowest BCUT2D eigenvalue weighted by atomic mass is 9.74. The predicted octanol–water partition coefficient (Wildman–Crippen LogP) is 3.96. The SMILES string of the molecule is CC[C@H](C)[C@H](CO)N1C(=O)[C@@H]2[C@H]3C(=O)OCCCC/C=C\[C@@]3(C)S[C@@]23C=CCN(Cc2ccccc2)C(=O)C13. The monoisotopic (exact) mass is 552 g/mol. The van der Waals surface area contributed by atoms with E-state index in [0.717, 1.165) is 31.2 Å². The fourth-order valence-corrected chi connectivity index (χ4v) is 9.04. The lowest BCUT2D eigenvalue weighted by molar-refractivity contribution is -0.155. The molecule has 5 rings (SSSR count). The Balaban J connectivity index is 1.64. The van der Waals surface area contributed by atoms with Gasteiger partial charge in [-0.25, -0.2) is 0 Å². The van der Waals surface area contributed by atoms with Gasteiger partial charge in [-0.2, -0.15) is 0 Å². The molecule has 1 aromatic carbocycles. The molecule has 2 saturated heterocycles. The number of benzene rings is 1. The van der Waals surface area contributed by atoms with Gasteiger partial charge >= 0.3 is 5.97 Å². The number of thioether (sulfide) groups is 1. The van der Waals surface area contributed by atoms with Gasteiger partial charge in [0.15, 0.2) is 0 Å². The van der Waals surface area contributed by atoms with Crippen LogP contribution in [-0.4, -0.2) is 74.0 Å². The molecule has 4 aliphatic heterocycles. The number of esters is 1. The minimum Gasteiger partial charge on any atom is -0.465 e. The molecule has 1 spiro atoms. The number of nitrogens with zero attached hydrogens (tertiary/aromatic N) is 2. The van der Waals surface area contributed by atoms with Crippen LogP contribution in [0.3, 0.4) is 0 Å². The van der Waals surface area contributed by atoms with E-state index in [0.29, 0.717) is 19.7 Å². The van der Waals surface area contributed by atoms with Crippen LogP contribution >= 0.6 is 11.8 Å². The summed E-state index contributed by atoms with van der Waals surface area (Å²) < 4.78 is 4.10. The maximum absolute atomic E-state index is 14.6. The molecule has 1 aromatic rings. The van der Waals surface area contributed by atoms with E-state index in [4.69, 9.17) is 4.74 Å². The Morgan fingerprint density at radius 3 is 2.56 bits per heavy atom. The van der Waals surface area contributed by atoms with E-state index >= 15 is 0 Å². The maximum Gasteiger partial charge on any atom is 0.311 e. The molecule has 2 fully saturated rings. The van der Waals surface area contributed by atoms with Crippen LogP contribution in [0.2, 0.25) is 0 Å². The predicted molar refractivity (Wildman–Crippen MR) is 152 cm³/mol. The number of cyclic esters (lactones) is 1. The third-order valence-corrected chi connectivity index (χ3v) is 10.9. The number of fused-ring (bicyclic) bond motifs is 2. The molecule has 7 atom stereocenters. The Kier molecular flexibility index (Phi) is 7.98. The first-order valence-electron chi connectivity index (χ1n) is 14.3. The topological polar surface area (TPSA) is 87.2 Å². The number of aliphatic hydroxyl groups excluding tert-OH is 1. The Labute approximate surface area is 235 Å². The summed E-state index contributed by atoms with van der Waals surface area (Å²) in [6.45, 7) is 6.96. The zero-order valence-electron chi connectivity index (χ0n) is 23.1. The van der Waals surface area contributed by atoms with E-state index in [9.17, 15) is 19.5 Å². The highest BCUT2D eigenvalue weighted by molar-refractivity contribution is 8.02. The van der Waals surface area contributed by atoms with Crippen molar-refractivity contribution in [2.45, 2.75) is 74.6 Å². The van der Waals surface area contributed by atoms with Gasteiger partial charge in [0.05, 0.1) is 35.8 Å². The highest BCUT2D eigenvalue weighted by Crippen LogP contribution is 2.65. The first kappa shape index (κ1) is 28.0. The van der Waals surface area contributed by atoms with Crippen LogP contribution in [0.1, 0.15) is 52.0 Å². The van der Waals surface area contributed by atoms with Crippen LogP contribution < -0.4 is 0 Å². The number of hydrogen-bond acceptors (Lipinski definition) is 6. The average molecular weight is 553 g/mol. The first-order valence-corrected chi connectivity index (χ1v) is 15.1. The van der Waals surface area contributed by atoms with Crippen LogP contribution in [-0.2, 0) is 25.7 Å². The Hall–Kier alpha value is -2.58. The van der Waals surface area contributed by atoms with E-state index in [1.807, 2.05) is 63.3 Å². The number of allylic oxidation sites excluding steroid dienone is 1. The molecular formula is C31H40N2O5S. The van der Waals surface area contributed by atoms with Crippen molar-refractivity contribution in [3.8, 4) is 0 Å². The number of amides is 2. The Morgan fingerprint density at radius 1 is 1.08 bits per heavy atom. The molecule has 8 heteroatoms. The van der Waals surface area contributed by atoms with Crippen LogP contribution in [0.15, 0.2) is 54.6 Å². The molecule has 0 saturated carbocycles. The van der Waals surface area contributed by atoms with Crippen LogP contribution in [0.25, 0.3) is 0 Å². The summed E-state index contributed by atoms with van der Waals surface area (Å²) in [5, 5.41) is 10.6. The van der Waals surface area contributed by atoms with Crippen LogP contribution in [0, 0.1) is 17.8 Å². The van der Waals surface area contributed by atoms with E-state index < -0.39 is 33.4 Å². The molecule has 39 heavy (non-hydrogen) atoms. The Morgan fingerprint density at radius 2 is 1.85 bits per heavy atom. The first-order chi connectivity index (χ1) is 18.8. The smallest absolute Gasteiger partial charge is 0.311 e. The lowest BCUT2D eigenvalue weighted by Gasteiger charge is -2.41. The lowest BCUT2D eigenvalue weighted by Crippen LogP contribution is -2.58. The number of ether oxygens (including phenoxy) is 1. The molecule has 4 heterocycles. The second-order valence-corrected chi connectivity index (χ2v) is 13.3.